The Balaban J connectivity index is 1.36. The van der Waals surface area contributed by atoms with E-state index < -0.39 is 11.6 Å². The molecule has 0 bridgehead atoms. The summed E-state index contributed by atoms with van der Waals surface area (Å²) in [5.74, 6) is -1.76. The standard InChI is InChI=1S/C21H18F2N4O/c22-14-4-7-20(17(23)10-14)27-9-8-19(25-27)21(28)24-18-3-1-2-13-11-26(12-16(13)18)15-5-6-15/h1-4,7-10,15H,5-6,11-12H2,(H,24,28). The molecule has 2 aliphatic rings. The van der Waals surface area contributed by atoms with E-state index in [9.17, 15) is 13.6 Å². The molecule has 142 valence electrons. The number of carbonyl (C=O) groups excluding carboxylic acids is 1. The van der Waals surface area contributed by atoms with E-state index in [0.717, 1.165) is 36.5 Å². The van der Waals surface area contributed by atoms with Gasteiger partial charge in [-0.25, -0.2) is 13.5 Å². The van der Waals surface area contributed by atoms with Crippen LogP contribution in [0.1, 0.15) is 34.5 Å². The van der Waals surface area contributed by atoms with Crippen molar-refractivity contribution in [2.24, 2.45) is 0 Å². The van der Waals surface area contributed by atoms with Crippen LogP contribution in [0.2, 0.25) is 0 Å². The lowest BCUT2D eigenvalue weighted by Crippen LogP contribution is -2.19. The number of nitrogens with one attached hydrogen (secondary N) is 1. The van der Waals surface area contributed by atoms with Crippen LogP contribution in [-0.4, -0.2) is 26.6 Å². The molecule has 1 fully saturated rings. The lowest BCUT2D eigenvalue weighted by Gasteiger charge is -2.13. The Morgan fingerprint density at radius 2 is 1.96 bits per heavy atom. The van der Waals surface area contributed by atoms with Crippen molar-refractivity contribution in [3.8, 4) is 5.69 Å². The van der Waals surface area contributed by atoms with Gasteiger partial charge in [-0.1, -0.05) is 12.1 Å². The monoisotopic (exact) mass is 380 g/mol. The Kier molecular flexibility index (Phi) is 3.98. The second kappa shape index (κ2) is 6.53. The largest absolute Gasteiger partial charge is 0.320 e. The molecule has 2 heterocycles. The van der Waals surface area contributed by atoms with E-state index >= 15 is 0 Å². The van der Waals surface area contributed by atoms with Gasteiger partial charge in [0, 0.05) is 37.1 Å². The van der Waals surface area contributed by atoms with Crippen molar-refractivity contribution < 1.29 is 13.6 Å². The summed E-state index contributed by atoms with van der Waals surface area (Å²) in [6.45, 7) is 1.76. The van der Waals surface area contributed by atoms with Crippen LogP contribution >= 0.6 is 0 Å². The molecule has 5 nitrogen and oxygen atoms in total. The Morgan fingerprint density at radius 3 is 2.75 bits per heavy atom. The fourth-order valence-electron chi connectivity index (χ4n) is 3.69. The van der Waals surface area contributed by atoms with Crippen molar-refractivity contribution in [2.45, 2.75) is 32.0 Å². The molecule has 3 aromatic rings. The number of amides is 1. The molecule has 0 saturated heterocycles. The number of aromatic nitrogens is 2. The van der Waals surface area contributed by atoms with Gasteiger partial charge >= 0.3 is 0 Å². The fraction of sp³-hybridized carbons (Fsp3) is 0.238. The summed E-state index contributed by atoms with van der Waals surface area (Å²) in [6, 6.07) is 11.3. The summed E-state index contributed by atoms with van der Waals surface area (Å²) in [6.07, 6.45) is 3.97. The minimum Gasteiger partial charge on any atom is -0.320 e. The highest BCUT2D eigenvalue weighted by Gasteiger charge is 2.34. The van der Waals surface area contributed by atoms with Crippen LogP contribution in [0.4, 0.5) is 14.5 Å². The molecule has 1 aliphatic carbocycles. The molecule has 0 unspecified atom stereocenters. The smallest absolute Gasteiger partial charge is 0.276 e. The highest BCUT2D eigenvalue weighted by Crippen LogP contribution is 2.37. The maximum absolute atomic E-state index is 13.9. The van der Waals surface area contributed by atoms with Crippen molar-refractivity contribution >= 4 is 11.6 Å². The SMILES string of the molecule is O=C(Nc1cccc2c1CN(C1CC1)C2)c1ccn(-c2ccc(F)cc2F)n1. The second-order valence-corrected chi connectivity index (χ2v) is 7.27. The number of hydrogen-bond acceptors (Lipinski definition) is 3. The Morgan fingerprint density at radius 1 is 1.11 bits per heavy atom. The van der Waals surface area contributed by atoms with E-state index in [1.165, 1.54) is 41.4 Å². The molecule has 1 saturated carbocycles. The van der Waals surface area contributed by atoms with Crippen LogP contribution in [0.3, 0.4) is 0 Å². The first-order valence-corrected chi connectivity index (χ1v) is 9.26. The first-order valence-electron chi connectivity index (χ1n) is 9.26. The number of halogens is 2. The molecule has 1 aliphatic heterocycles. The topological polar surface area (TPSA) is 50.2 Å². The maximum atomic E-state index is 13.9. The summed E-state index contributed by atoms with van der Waals surface area (Å²) in [5, 5.41) is 7.08. The molecular formula is C21H18F2N4O. The molecule has 1 aromatic heterocycles. The van der Waals surface area contributed by atoms with Crippen LogP contribution in [0.5, 0.6) is 0 Å². The Hall–Kier alpha value is -3.06. The highest BCUT2D eigenvalue weighted by atomic mass is 19.1. The number of anilines is 1. The van der Waals surface area contributed by atoms with E-state index in [0.29, 0.717) is 6.04 Å². The molecule has 1 N–H and O–H groups in total. The zero-order valence-electron chi connectivity index (χ0n) is 15.0. The van der Waals surface area contributed by atoms with Gasteiger partial charge in [0.1, 0.15) is 11.5 Å². The Bertz CT molecular complexity index is 1070. The number of benzene rings is 2. The number of rotatable bonds is 4. The number of fused-ring (bicyclic) bond motifs is 1. The van der Waals surface area contributed by atoms with Crippen molar-refractivity contribution in [1.29, 1.82) is 0 Å². The van der Waals surface area contributed by atoms with Gasteiger partial charge in [0.25, 0.3) is 5.91 Å². The van der Waals surface area contributed by atoms with E-state index in [4.69, 9.17) is 0 Å². The maximum Gasteiger partial charge on any atom is 0.276 e. The number of carbonyl (C=O) groups is 1. The van der Waals surface area contributed by atoms with E-state index in [-0.39, 0.29) is 17.3 Å². The number of hydrogen-bond donors (Lipinski definition) is 1. The van der Waals surface area contributed by atoms with Crippen LogP contribution in [0.15, 0.2) is 48.7 Å². The molecule has 0 radical (unpaired) electrons. The van der Waals surface area contributed by atoms with Crippen molar-refractivity contribution in [3.63, 3.8) is 0 Å². The summed E-state index contributed by atoms with van der Waals surface area (Å²) in [4.78, 5) is 15.1. The summed E-state index contributed by atoms with van der Waals surface area (Å²) in [7, 11) is 0. The molecule has 28 heavy (non-hydrogen) atoms. The first kappa shape index (κ1) is 17.1. The summed E-state index contributed by atoms with van der Waals surface area (Å²) < 4.78 is 28.3. The third kappa shape index (κ3) is 3.07. The normalized spacial score (nSPS) is 16.2. The molecular weight excluding hydrogens is 362 g/mol. The zero-order valence-corrected chi connectivity index (χ0v) is 15.0. The Labute approximate surface area is 160 Å². The number of nitrogens with zero attached hydrogens (tertiary/aromatic N) is 3. The van der Waals surface area contributed by atoms with Crippen molar-refractivity contribution in [1.82, 2.24) is 14.7 Å². The van der Waals surface area contributed by atoms with Crippen molar-refractivity contribution in [3.05, 3.63) is 77.1 Å². The molecule has 2 aromatic carbocycles. The van der Waals surface area contributed by atoms with E-state index in [1.54, 1.807) is 0 Å². The minimum atomic E-state index is -0.740. The average molecular weight is 380 g/mol. The predicted molar refractivity (Wildman–Crippen MR) is 100 cm³/mol. The third-order valence-electron chi connectivity index (χ3n) is 5.30. The van der Waals surface area contributed by atoms with Crippen LogP contribution in [0.25, 0.3) is 5.69 Å². The molecule has 1 amide bonds. The van der Waals surface area contributed by atoms with E-state index in [1.807, 2.05) is 12.1 Å². The zero-order chi connectivity index (χ0) is 19.3. The predicted octanol–water partition coefficient (Wildman–Crippen LogP) is 3.88. The van der Waals surface area contributed by atoms with Gasteiger partial charge in [0.05, 0.1) is 0 Å². The van der Waals surface area contributed by atoms with Crippen LogP contribution in [0, 0.1) is 11.6 Å². The molecule has 0 atom stereocenters. The summed E-state index contributed by atoms with van der Waals surface area (Å²) in [5.41, 5.74) is 3.42. The van der Waals surface area contributed by atoms with Gasteiger partial charge in [-0.05, 0) is 48.2 Å². The van der Waals surface area contributed by atoms with Gasteiger partial charge < -0.3 is 5.32 Å². The molecule has 0 spiro atoms. The van der Waals surface area contributed by atoms with Crippen molar-refractivity contribution in [2.75, 3.05) is 5.32 Å². The fourth-order valence-corrected chi connectivity index (χ4v) is 3.69. The molecule has 7 heteroatoms. The lowest BCUT2D eigenvalue weighted by atomic mass is 10.1. The second-order valence-electron chi connectivity index (χ2n) is 7.27. The quantitative estimate of drug-likeness (QED) is 0.747. The van der Waals surface area contributed by atoms with E-state index in [2.05, 4.69) is 21.4 Å². The van der Waals surface area contributed by atoms with Gasteiger partial charge in [0.2, 0.25) is 0 Å². The minimum absolute atomic E-state index is 0.0844. The third-order valence-corrected chi connectivity index (χ3v) is 5.30. The molecule has 5 rings (SSSR count). The van der Waals surface area contributed by atoms with Crippen LogP contribution in [-0.2, 0) is 13.1 Å². The van der Waals surface area contributed by atoms with Crippen LogP contribution < -0.4 is 5.32 Å². The first-order chi connectivity index (χ1) is 13.6. The lowest BCUT2D eigenvalue weighted by molar-refractivity contribution is 0.102. The van der Waals surface area contributed by atoms with Gasteiger partial charge in [-0.3, -0.25) is 9.69 Å². The van der Waals surface area contributed by atoms with Gasteiger partial charge in [0.15, 0.2) is 11.5 Å². The van der Waals surface area contributed by atoms with Gasteiger partial charge in [-0.15, -0.1) is 0 Å². The van der Waals surface area contributed by atoms with Gasteiger partial charge in [-0.2, -0.15) is 5.10 Å². The highest BCUT2D eigenvalue weighted by molar-refractivity contribution is 6.03. The average Bonchev–Trinajstić information content (AvgIpc) is 3.23. The summed E-state index contributed by atoms with van der Waals surface area (Å²) >= 11 is 0.